The lowest BCUT2D eigenvalue weighted by molar-refractivity contribution is 0.262. The Hall–Kier alpha value is -3.16. The molecule has 1 heterocycles. The van der Waals surface area contributed by atoms with Crippen LogP contribution in [0.4, 0.5) is 16.2 Å². The fourth-order valence-electron chi connectivity index (χ4n) is 3.67. The van der Waals surface area contributed by atoms with Crippen molar-refractivity contribution in [2.75, 3.05) is 17.2 Å². The average molecular weight is 436 g/mol. The number of benzene rings is 3. The Labute approximate surface area is 183 Å². The molecule has 3 aromatic rings. The molecule has 0 saturated heterocycles. The molecule has 0 spiro atoms. The Morgan fingerprint density at radius 2 is 1.65 bits per heavy atom. The first-order valence-corrected chi connectivity index (χ1v) is 11.6. The molecule has 2 amide bonds. The van der Waals surface area contributed by atoms with E-state index in [2.05, 4.69) is 10.6 Å². The molecule has 2 N–H and O–H groups in total. The maximum atomic E-state index is 13.1. The van der Waals surface area contributed by atoms with Gasteiger partial charge in [0.15, 0.2) is 0 Å². The lowest BCUT2D eigenvalue weighted by Crippen LogP contribution is -2.36. The summed E-state index contributed by atoms with van der Waals surface area (Å²) in [6.07, 6.45) is 0.635. The minimum absolute atomic E-state index is 0.278. The Morgan fingerprint density at radius 1 is 0.903 bits per heavy atom. The zero-order valence-electron chi connectivity index (χ0n) is 17.6. The number of hydrogen-bond acceptors (Lipinski definition) is 3. The summed E-state index contributed by atoms with van der Waals surface area (Å²) >= 11 is 0. The maximum absolute atomic E-state index is 13.1. The van der Waals surface area contributed by atoms with E-state index in [-0.39, 0.29) is 12.6 Å². The molecule has 1 aliphatic heterocycles. The Bertz CT molecular complexity index is 1220. The molecular weight excluding hydrogens is 410 g/mol. The molecule has 7 heteroatoms. The van der Waals surface area contributed by atoms with Crippen molar-refractivity contribution in [2.45, 2.75) is 31.7 Å². The number of urea groups is 1. The van der Waals surface area contributed by atoms with Crippen LogP contribution in [0, 0.1) is 13.8 Å². The van der Waals surface area contributed by atoms with Crippen molar-refractivity contribution in [1.29, 1.82) is 0 Å². The van der Waals surface area contributed by atoms with Gasteiger partial charge in [0, 0.05) is 24.5 Å². The number of hydrogen-bond donors (Lipinski definition) is 2. The highest BCUT2D eigenvalue weighted by Crippen LogP contribution is 2.27. The number of fused-ring (bicyclic) bond motifs is 1. The van der Waals surface area contributed by atoms with Gasteiger partial charge in [-0.3, -0.25) is 0 Å². The third-order valence-corrected chi connectivity index (χ3v) is 7.35. The molecule has 4 rings (SSSR count). The minimum atomic E-state index is -3.57. The lowest BCUT2D eigenvalue weighted by Gasteiger charge is -2.28. The first-order chi connectivity index (χ1) is 14.8. The number of nitrogens with one attached hydrogen (secondary N) is 2. The summed E-state index contributed by atoms with van der Waals surface area (Å²) < 4.78 is 27.6. The van der Waals surface area contributed by atoms with Crippen LogP contribution in [-0.2, 0) is 23.0 Å². The Kier molecular flexibility index (Phi) is 5.80. The van der Waals surface area contributed by atoms with Gasteiger partial charge in [0.1, 0.15) is 0 Å². The van der Waals surface area contributed by atoms with Crippen molar-refractivity contribution in [3.8, 4) is 0 Å². The third-order valence-electron chi connectivity index (χ3n) is 5.49. The zero-order valence-corrected chi connectivity index (χ0v) is 18.4. The van der Waals surface area contributed by atoms with Crippen LogP contribution in [0.2, 0.25) is 0 Å². The summed E-state index contributed by atoms with van der Waals surface area (Å²) in [5.74, 6) is 0. The number of sulfonamides is 1. The fourth-order valence-corrected chi connectivity index (χ4v) is 5.09. The van der Waals surface area contributed by atoms with Gasteiger partial charge in [-0.25, -0.2) is 13.2 Å². The van der Waals surface area contributed by atoms with Gasteiger partial charge >= 0.3 is 6.03 Å². The van der Waals surface area contributed by atoms with E-state index < -0.39 is 10.0 Å². The highest BCUT2D eigenvalue weighted by molar-refractivity contribution is 7.89. The lowest BCUT2D eigenvalue weighted by atomic mass is 10.0. The number of anilines is 2. The largest absolute Gasteiger partial charge is 0.323 e. The monoisotopic (exact) mass is 435 g/mol. The van der Waals surface area contributed by atoms with Crippen molar-refractivity contribution in [3.63, 3.8) is 0 Å². The molecule has 0 atom stereocenters. The van der Waals surface area contributed by atoms with Gasteiger partial charge in [0.2, 0.25) is 10.0 Å². The average Bonchev–Trinajstić information content (AvgIpc) is 2.75. The highest BCUT2D eigenvalue weighted by Gasteiger charge is 2.28. The summed E-state index contributed by atoms with van der Waals surface area (Å²) in [6.45, 7) is 4.57. The second-order valence-electron chi connectivity index (χ2n) is 7.78. The molecule has 0 radical (unpaired) electrons. The van der Waals surface area contributed by atoms with Crippen molar-refractivity contribution < 1.29 is 13.2 Å². The van der Waals surface area contributed by atoms with E-state index in [0.717, 1.165) is 27.9 Å². The van der Waals surface area contributed by atoms with Gasteiger partial charge in [-0.05, 0) is 67.3 Å². The molecule has 6 nitrogen and oxygen atoms in total. The molecule has 0 fully saturated rings. The first kappa shape index (κ1) is 21.1. The fraction of sp³-hybridized carbons (Fsp3) is 0.208. The SMILES string of the molecule is Cc1ccc(S(=O)(=O)N2CCc3ccc(NC(=O)Nc4ccccc4C)cc3C2)cc1. The molecule has 0 saturated carbocycles. The number of carbonyl (C=O) groups excluding carboxylic acids is 1. The van der Waals surface area contributed by atoms with Crippen LogP contribution in [0.1, 0.15) is 22.3 Å². The van der Waals surface area contributed by atoms with E-state index in [1.54, 1.807) is 24.3 Å². The molecule has 0 unspecified atom stereocenters. The number of rotatable bonds is 4. The van der Waals surface area contributed by atoms with E-state index in [1.807, 2.05) is 56.3 Å². The third kappa shape index (κ3) is 4.62. The normalized spacial score (nSPS) is 14.0. The van der Waals surface area contributed by atoms with E-state index in [1.165, 1.54) is 4.31 Å². The van der Waals surface area contributed by atoms with Gasteiger partial charge in [-0.1, -0.05) is 42.0 Å². The Balaban J connectivity index is 1.49. The van der Waals surface area contributed by atoms with E-state index >= 15 is 0 Å². The van der Waals surface area contributed by atoms with Crippen LogP contribution < -0.4 is 10.6 Å². The molecule has 0 aliphatic carbocycles. The summed E-state index contributed by atoms with van der Waals surface area (Å²) in [5.41, 5.74) is 5.35. The van der Waals surface area contributed by atoms with Crippen molar-refractivity contribution in [2.24, 2.45) is 0 Å². The maximum Gasteiger partial charge on any atom is 0.323 e. The predicted molar refractivity (Wildman–Crippen MR) is 123 cm³/mol. The molecule has 160 valence electrons. The van der Waals surface area contributed by atoms with Crippen LogP contribution in [0.3, 0.4) is 0 Å². The van der Waals surface area contributed by atoms with E-state index in [4.69, 9.17) is 0 Å². The van der Waals surface area contributed by atoms with Gasteiger partial charge in [-0.15, -0.1) is 0 Å². The first-order valence-electron chi connectivity index (χ1n) is 10.2. The van der Waals surface area contributed by atoms with E-state index in [0.29, 0.717) is 23.5 Å². The highest BCUT2D eigenvalue weighted by atomic mass is 32.2. The summed E-state index contributed by atoms with van der Waals surface area (Å²) in [6, 6.07) is 19.8. The summed E-state index contributed by atoms with van der Waals surface area (Å²) in [5, 5.41) is 5.68. The van der Waals surface area contributed by atoms with Gasteiger partial charge in [0.05, 0.1) is 4.90 Å². The molecule has 31 heavy (non-hydrogen) atoms. The van der Waals surface area contributed by atoms with Crippen molar-refractivity contribution in [3.05, 3.63) is 89.0 Å². The van der Waals surface area contributed by atoms with Crippen LogP contribution in [0.25, 0.3) is 0 Å². The van der Waals surface area contributed by atoms with E-state index in [9.17, 15) is 13.2 Å². The standard InChI is InChI=1S/C24H25N3O3S/c1-17-7-11-22(12-8-17)31(29,30)27-14-13-19-9-10-21(15-20(19)16-27)25-24(28)26-23-6-4-3-5-18(23)2/h3-12,15H,13-14,16H2,1-2H3,(H2,25,26,28). The van der Waals surface area contributed by atoms with Gasteiger partial charge in [-0.2, -0.15) is 4.31 Å². The minimum Gasteiger partial charge on any atom is -0.308 e. The number of para-hydroxylation sites is 1. The topological polar surface area (TPSA) is 78.5 Å². The van der Waals surface area contributed by atoms with Gasteiger partial charge < -0.3 is 10.6 Å². The Morgan fingerprint density at radius 3 is 2.39 bits per heavy atom. The number of aryl methyl sites for hydroxylation is 2. The van der Waals surface area contributed by atoms with Crippen LogP contribution in [-0.4, -0.2) is 25.3 Å². The number of amides is 2. The molecule has 0 aromatic heterocycles. The number of carbonyl (C=O) groups is 1. The zero-order chi connectivity index (χ0) is 22.0. The van der Waals surface area contributed by atoms with Crippen molar-refractivity contribution in [1.82, 2.24) is 4.31 Å². The predicted octanol–water partition coefficient (Wildman–Crippen LogP) is 4.69. The summed E-state index contributed by atoms with van der Waals surface area (Å²) in [4.78, 5) is 12.7. The van der Waals surface area contributed by atoms with Crippen LogP contribution >= 0.6 is 0 Å². The molecule has 3 aromatic carbocycles. The molecule has 1 aliphatic rings. The van der Waals surface area contributed by atoms with Crippen LogP contribution in [0.5, 0.6) is 0 Å². The second-order valence-corrected chi connectivity index (χ2v) is 9.72. The van der Waals surface area contributed by atoms with Crippen molar-refractivity contribution >= 4 is 27.4 Å². The number of nitrogens with zero attached hydrogens (tertiary/aromatic N) is 1. The second kappa shape index (κ2) is 8.53. The molecular formula is C24H25N3O3S. The van der Waals surface area contributed by atoms with Gasteiger partial charge in [0.25, 0.3) is 0 Å². The van der Waals surface area contributed by atoms with Crippen LogP contribution in [0.15, 0.2) is 71.6 Å². The summed E-state index contributed by atoms with van der Waals surface area (Å²) in [7, 11) is -3.57. The quantitative estimate of drug-likeness (QED) is 0.624. The molecule has 0 bridgehead atoms. The smallest absolute Gasteiger partial charge is 0.308 e.